The van der Waals surface area contributed by atoms with Crippen LogP contribution in [0.5, 0.6) is 0 Å². The summed E-state index contributed by atoms with van der Waals surface area (Å²) in [5, 5.41) is 5.78. The molecule has 1 saturated heterocycles. The second-order valence-electron chi connectivity index (χ2n) is 9.38. The highest BCUT2D eigenvalue weighted by molar-refractivity contribution is 5.92. The van der Waals surface area contributed by atoms with Crippen molar-refractivity contribution < 1.29 is 19.1 Å². The minimum atomic E-state index is -0.670. The van der Waals surface area contributed by atoms with Gasteiger partial charge in [-0.3, -0.25) is 9.59 Å². The topological polar surface area (TPSA) is 87.7 Å². The summed E-state index contributed by atoms with van der Waals surface area (Å²) in [5.74, 6) is -0.242. The second kappa shape index (κ2) is 11.4. The molecule has 2 rings (SSSR count). The highest BCUT2D eigenvalue weighted by atomic mass is 16.6. The number of unbranched alkanes of at least 4 members (excludes halogenated alkanes) is 3. The van der Waals surface area contributed by atoms with E-state index in [1.165, 1.54) is 0 Å². The molecule has 0 aromatic carbocycles. The van der Waals surface area contributed by atoms with Crippen LogP contribution in [0.15, 0.2) is 12.2 Å². The first-order chi connectivity index (χ1) is 14.2. The molecule has 0 radical (unpaired) electrons. The third-order valence-electron chi connectivity index (χ3n) is 5.35. The summed E-state index contributed by atoms with van der Waals surface area (Å²) in [5.41, 5.74) is -0.634. The molecule has 0 bridgehead atoms. The van der Waals surface area contributed by atoms with E-state index in [-0.39, 0.29) is 17.9 Å². The molecule has 30 heavy (non-hydrogen) atoms. The van der Waals surface area contributed by atoms with Gasteiger partial charge in [0.25, 0.3) is 0 Å². The molecule has 1 aliphatic carbocycles. The molecule has 0 unspecified atom stereocenters. The Morgan fingerprint density at radius 2 is 1.87 bits per heavy atom. The second-order valence-corrected chi connectivity index (χ2v) is 9.38. The van der Waals surface area contributed by atoms with E-state index < -0.39 is 23.8 Å². The molecule has 7 heteroatoms. The van der Waals surface area contributed by atoms with E-state index in [0.29, 0.717) is 19.4 Å². The number of allylic oxidation sites excluding steroid dienone is 2. The van der Waals surface area contributed by atoms with Crippen molar-refractivity contribution >= 4 is 17.9 Å². The highest BCUT2D eigenvalue weighted by Crippen LogP contribution is 2.23. The Labute approximate surface area is 181 Å². The minimum Gasteiger partial charge on any atom is -0.444 e. The molecule has 0 spiro atoms. The Morgan fingerprint density at radius 1 is 1.13 bits per heavy atom. The van der Waals surface area contributed by atoms with Gasteiger partial charge in [-0.2, -0.15) is 0 Å². The summed E-state index contributed by atoms with van der Waals surface area (Å²) in [7, 11) is 0. The van der Waals surface area contributed by atoms with E-state index in [2.05, 4.69) is 16.7 Å². The first kappa shape index (κ1) is 24.2. The molecule has 2 fully saturated rings. The van der Waals surface area contributed by atoms with E-state index >= 15 is 0 Å². The SMILES string of the molecule is C/C=C\CCCCC[C@H](NC(=O)OC(C)(C)C)C(=O)N1CCC[C@H]1C(=O)NC1CC1. The summed E-state index contributed by atoms with van der Waals surface area (Å²) in [6, 6.07) is -0.838. The third kappa shape index (κ3) is 8.36. The summed E-state index contributed by atoms with van der Waals surface area (Å²) >= 11 is 0. The van der Waals surface area contributed by atoms with Crippen molar-refractivity contribution in [3.05, 3.63) is 12.2 Å². The fourth-order valence-corrected chi connectivity index (χ4v) is 3.69. The van der Waals surface area contributed by atoms with Crippen molar-refractivity contribution in [3.8, 4) is 0 Å². The molecule has 2 N–H and O–H groups in total. The first-order valence-electron chi connectivity index (χ1n) is 11.4. The lowest BCUT2D eigenvalue weighted by molar-refractivity contribution is -0.140. The van der Waals surface area contributed by atoms with Gasteiger partial charge in [-0.05, 0) is 72.6 Å². The van der Waals surface area contributed by atoms with Gasteiger partial charge in [0, 0.05) is 12.6 Å². The smallest absolute Gasteiger partial charge is 0.408 e. The monoisotopic (exact) mass is 421 g/mol. The van der Waals surface area contributed by atoms with Gasteiger partial charge in [-0.1, -0.05) is 25.0 Å². The zero-order chi connectivity index (χ0) is 22.1. The molecule has 1 heterocycles. The molecule has 2 aliphatic rings. The van der Waals surface area contributed by atoms with Crippen LogP contribution in [0, 0.1) is 0 Å². The van der Waals surface area contributed by atoms with Crippen molar-refractivity contribution in [1.29, 1.82) is 0 Å². The van der Waals surface area contributed by atoms with Gasteiger partial charge in [0.05, 0.1) is 0 Å². The van der Waals surface area contributed by atoms with Crippen LogP contribution in [0.4, 0.5) is 4.79 Å². The van der Waals surface area contributed by atoms with E-state index in [1.807, 2.05) is 13.0 Å². The maximum absolute atomic E-state index is 13.3. The maximum Gasteiger partial charge on any atom is 0.408 e. The molecule has 0 aromatic rings. The molecular formula is C23H39N3O4. The van der Waals surface area contributed by atoms with Crippen LogP contribution < -0.4 is 10.6 Å². The Hall–Kier alpha value is -2.05. The molecular weight excluding hydrogens is 382 g/mol. The van der Waals surface area contributed by atoms with Crippen LogP contribution in [0.2, 0.25) is 0 Å². The van der Waals surface area contributed by atoms with Crippen molar-refractivity contribution in [2.45, 2.75) is 109 Å². The number of nitrogens with one attached hydrogen (secondary N) is 2. The molecule has 7 nitrogen and oxygen atoms in total. The molecule has 2 atom stereocenters. The van der Waals surface area contributed by atoms with Crippen LogP contribution >= 0.6 is 0 Å². The third-order valence-corrected chi connectivity index (χ3v) is 5.35. The Balaban J connectivity index is 1.98. The van der Waals surface area contributed by atoms with E-state index in [9.17, 15) is 14.4 Å². The maximum atomic E-state index is 13.3. The van der Waals surface area contributed by atoms with Crippen LogP contribution in [-0.4, -0.2) is 53.1 Å². The van der Waals surface area contributed by atoms with Gasteiger partial charge in [0.1, 0.15) is 17.7 Å². The van der Waals surface area contributed by atoms with Gasteiger partial charge >= 0.3 is 6.09 Å². The largest absolute Gasteiger partial charge is 0.444 e. The number of rotatable bonds is 10. The van der Waals surface area contributed by atoms with Crippen molar-refractivity contribution in [3.63, 3.8) is 0 Å². The zero-order valence-electron chi connectivity index (χ0n) is 19.0. The number of hydrogen-bond acceptors (Lipinski definition) is 4. The number of alkyl carbamates (subject to hydrolysis) is 1. The standard InChI is InChI=1S/C23H39N3O4/c1-5-6-7-8-9-10-12-18(25-22(29)30-23(2,3)4)21(28)26-16-11-13-19(26)20(27)24-17-14-15-17/h5-6,17-19H,7-16H2,1-4H3,(H,24,27)(H,25,29)/b6-5-/t18-,19-/m0/s1. The predicted molar refractivity (Wildman–Crippen MR) is 117 cm³/mol. The molecule has 1 aliphatic heterocycles. The minimum absolute atomic E-state index is 0.0641. The van der Waals surface area contributed by atoms with Crippen LogP contribution in [0.1, 0.15) is 85.5 Å². The molecule has 0 aromatic heterocycles. The normalized spacial score (nSPS) is 20.3. The lowest BCUT2D eigenvalue weighted by Gasteiger charge is -2.29. The van der Waals surface area contributed by atoms with E-state index in [1.54, 1.807) is 25.7 Å². The lowest BCUT2D eigenvalue weighted by atomic mass is 10.0. The quantitative estimate of drug-likeness (QED) is 0.416. The fraction of sp³-hybridized carbons (Fsp3) is 0.783. The van der Waals surface area contributed by atoms with Gasteiger partial charge in [0.15, 0.2) is 0 Å². The number of carbonyl (C=O) groups excluding carboxylic acids is 3. The molecule has 170 valence electrons. The highest BCUT2D eigenvalue weighted by Gasteiger charge is 2.39. The van der Waals surface area contributed by atoms with Crippen molar-refractivity contribution in [2.24, 2.45) is 0 Å². The van der Waals surface area contributed by atoms with Crippen molar-refractivity contribution in [1.82, 2.24) is 15.5 Å². The summed E-state index contributed by atoms with van der Waals surface area (Å²) in [6.07, 6.45) is 11.5. The predicted octanol–water partition coefficient (Wildman–Crippen LogP) is 3.68. The number of amides is 3. The molecule has 1 saturated carbocycles. The number of hydrogen-bond donors (Lipinski definition) is 2. The van der Waals surface area contributed by atoms with Crippen LogP contribution in [0.3, 0.4) is 0 Å². The lowest BCUT2D eigenvalue weighted by Crippen LogP contribution is -2.54. The number of nitrogens with zero attached hydrogens (tertiary/aromatic N) is 1. The Morgan fingerprint density at radius 3 is 2.50 bits per heavy atom. The van der Waals surface area contributed by atoms with E-state index in [0.717, 1.165) is 44.9 Å². The average molecular weight is 422 g/mol. The van der Waals surface area contributed by atoms with Gasteiger partial charge < -0.3 is 20.3 Å². The van der Waals surface area contributed by atoms with Gasteiger partial charge in [-0.15, -0.1) is 0 Å². The summed E-state index contributed by atoms with van der Waals surface area (Å²) in [6.45, 7) is 7.94. The first-order valence-corrected chi connectivity index (χ1v) is 11.4. The van der Waals surface area contributed by atoms with Gasteiger partial charge in [0.2, 0.25) is 11.8 Å². The average Bonchev–Trinajstić information content (AvgIpc) is 3.32. The Kier molecular flexibility index (Phi) is 9.18. The van der Waals surface area contributed by atoms with Gasteiger partial charge in [-0.25, -0.2) is 4.79 Å². The Bertz CT molecular complexity index is 622. The van der Waals surface area contributed by atoms with Crippen LogP contribution in [0.25, 0.3) is 0 Å². The van der Waals surface area contributed by atoms with Crippen molar-refractivity contribution in [2.75, 3.05) is 6.54 Å². The molecule has 3 amide bonds. The van der Waals surface area contributed by atoms with E-state index in [4.69, 9.17) is 4.74 Å². The number of likely N-dealkylation sites (tertiary alicyclic amines) is 1. The summed E-state index contributed by atoms with van der Waals surface area (Å²) < 4.78 is 5.37. The fourth-order valence-electron chi connectivity index (χ4n) is 3.69. The van der Waals surface area contributed by atoms with Crippen LogP contribution in [-0.2, 0) is 14.3 Å². The number of carbonyl (C=O) groups is 3. The number of ether oxygens (including phenoxy) is 1. The summed E-state index contributed by atoms with van der Waals surface area (Å²) in [4.78, 5) is 39.9. The zero-order valence-corrected chi connectivity index (χ0v) is 19.0.